The van der Waals surface area contributed by atoms with Gasteiger partial charge in [-0.05, 0) is 42.2 Å². The number of hydrogen-bond acceptors (Lipinski definition) is 3. The molecule has 0 aromatic heterocycles. The van der Waals surface area contributed by atoms with Gasteiger partial charge in [-0.1, -0.05) is 85.1 Å². The van der Waals surface area contributed by atoms with E-state index in [1.54, 1.807) is 4.90 Å². The Bertz CT molecular complexity index is 1170. The van der Waals surface area contributed by atoms with Crippen molar-refractivity contribution in [2.24, 2.45) is 0 Å². The van der Waals surface area contributed by atoms with Crippen LogP contribution in [0.5, 0.6) is 0 Å². The van der Waals surface area contributed by atoms with Crippen LogP contribution in [0.25, 0.3) is 0 Å². The van der Waals surface area contributed by atoms with Crippen LogP contribution in [0.3, 0.4) is 0 Å². The van der Waals surface area contributed by atoms with E-state index in [0.29, 0.717) is 26.2 Å². The van der Waals surface area contributed by atoms with E-state index in [1.165, 1.54) is 22.5 Å². The van der Waals surface area contributed by atoms with Gasteiger partial charge >= 0.3 is 0 Å². The van der Waals surface area contributed by atoms with Crippen LogP contribution in [0.2, 0.25) is 5.02 Å². The number of hydrogen-bond donors (Lipinski definition) is 0. The third kappa shape index (κ3) is 5.87. The standard InChI is InChI=1S/C27H29ClN2O3S/c28-26-16-15-24(34(32,33)30-17-9-1-2-10-18-30)19-25(26)27(31)29(20-22-11-5-3-6-12-22)21-23-13-7-4-8-14-23/h3-8,11-16,19H,1-2,9-10,17-18,20-21H2. The van der Waals surface area contributed by atoms with E-state index in [9.17, 15) is 13.2 Å². The smallest absolute Gasteiger partial charge is 0.256 e. The van der Waals surface area contributed by atoms with E-state index in [4.69, 9.17) is 11.6 Å². The molecule has 0 N–H and O–H groups in total. The van der Waals surface area contributed by atoms with Crippen molar-refractivity contribution in [3.63, 3.8) is 0 Å². The fourth-order valence-corrected chi connectivity index (χ4v) is 5.98. The van der Waals surface area contributed by atoms with Gasteiger partial charge in [-0.15, -0.1) is 0 Å². The van der Waals surface area contributed by atoms with E-state index in [-0.39, 0.29) is 21.4 Å². The van der Waals surface area contributed by atoms with Crippen LogP contribution in [0.1, 0.15) is 47.2 Å². The lowest BCUT2D eigenvalue weighted by Crippen LogP contribution is -2.33. The average Bonchev–Trinajstić information content (AvgIpc) is 3.15. The van der Waals surface area contributed by atoms with Crippen molar-refractivity contribution < 1.29 is 13.2 Å². The minimum Gasteiger partial charge on any atom is -0.330 e. The van der Waals surface area contributed by atoms with E-state index in [2.05, 4.69) is 0 Å². The Labute approximate surface area is 207 Å². The lowest BCUT2D eigenvalue weighted by atomic mass is 10.1. The average molecular weight is 497 g/mol. The van der Waals surface area contributed by atoms with E-state index < -0.39 is 10.0 Å². The van der Waals surface area contributed by atoms with Gasteiger partial charge in [0.25, 0.3) is 5.91 Å². The molecule has 0 unspecified atom stereocenters. The van der Waals surface area contributed by atoms with Gasteiger partial charge < -0.3 is 4.90 Å². The first kappa shape index (κ1) is 24.5. The van der Waals surface area contributed by atoms with Crippen LogP contribution in [-0.4, -0.2) is 36.6 Å². The molecule has 0 bridgehead atoms. The highest BCUT2D eigenvalue weighted by Gasteiger charge is 2.28. The Kier molecular flexibility index (Phi) is 8.03. The van der Waals surface area contributed by atoms with Gasteiger partial charge in [-0.25, -0.2) is 8.42 Å². The van der Waals surface area contributed by atoms with Crippen LogP contribution >= 0.6 is 11.6 Å². The number of carbonyl (C=O) groups excluding carboxylic acids is 1. The van der Waals surface area contributed by atoms with Crippen LogP contribution in [0.4, 0.5) is 0 Å². The zero-order valence-electron chi connectivity index (χ0n) is 19.1. The molecule has 1 heterocycles. The maximum atomic E-state index is 13.7. The third-order valence-corrected chi connectivity index (χ3v) is 8.31. The summed E-state index contributed by atoms with van der Waals surface area (Å²) in [4.78, 5) is 15.5. The molecule has 1 aliphatic heterocycles. The second-order valence-electron chi connectivity index (χ2n) is 8.59. The molecule has 3 aromatic rings. The van der Waals surface area contributed by atoms with Crippen molar-refractivity contribution in [2.75, 3.05) is 13.1 Å². The van der Waals surface area contributed by atoms with Crippen LogP contribution < -0.4 is 0 Å². The van der Waals surface area contributed by atoms with Crippen LogP contribution in [0, 0.1) is 0 Å². The highest BCUT2D eigenvalue weighted by molar-refractivity contribution is 7.89. The first-order chi connectivity index (χ1) is 16.4. The van der Waals surface area contributed by atoms with Crippen LogP contribution in [0.15, 0.2) is 83.8 Å². The molecule has 34 heavy (non-hydrogen) atoms. The maximum absolute atomic E-state index is 13.7. The summed E-state index contributed by atoms with van der Waals surface area (Å²) in [5.41, 5.74) is 2.16. The molecule has 5 nitrogen and oxygen atoms in total. The van der Waals surface area contributed by atoms with Gasteiger partial charge in [0.15, 0.2) is 0 Å². The Morgan fingerprint density at radius 3 is 1.85 bits per heavy atom. The van der Waals surface area contributed by atoms with Gasteiger partial charge in [0.1, 0.15) is 0 Å². The molecule has 0 radical (unpaired) electrons. The van der Waals surface area contributed by atoms with Crippen LogP contribution in [-0.2, 0) is 23.1 Å². The van der Waals surface area contributed by atoms with Gasteiger partial charge in [0.2, 0.25) is 10.0 Å². The summed E-state index contributed by atoms with van der Waals surface area (Å²) in [6.07, 6.45) is 3.76. The topological polar surface area (TPSA) is 57.7 Å². The monoisotopic (exact) mass is 496 g/mol. The molecular formula is C27H29ClN2O3S. The maximum Gasteiger partial charge on any atom is 0.256 e. The Hall–Kier alpha value is -2.67. The van der Waals surface area contributed by atoms with E-state index in [0.717, 1.165) is 36.8 Å². The predicted octanol–water partition coefficient (Wildman–Crippen LogP) is 5.75. The van der Waals surface area contributed by atoms with Gasteiger partial charge in [0, 0.05) is 26.2 Å². The molecule has 1 aliphatic rings. The summed E-state index contributed by atoms with van der Waals surface area (Å²) in [6, 6.07) is 23.9. The first-order valence-electron chi connectivity index (χ1n) is 11.6. The molecule has 0 atom stereocenters. The molecule has 3 aromatic carbocycles. The zero-order chi connectivity index (χ0) is 24.0. The summed E-state index contributed by atoms with van der Waals surface area (Å²) in [5, 5.41) is 0.242. The Morgan fingerprint density at radius 2 is 1.32 bits per heavy atom. The highest BCUT2D eigenvalue weighted by Crippen LogP contribution is 2.27. The van der Waals surface area contributed by atoms with Crippen molar-refractivity contribution >= 4 is 27.5 Å². The molecule has 4 rings (SSSR count). The Balaban J connectivity index is 1.66. The summed E-state index contributed by atoms with van der Waals surface area (Å²) in [5.74, 6) is -0.300. The predicted molar refractivity (Wildman–Crippen MR) is 135 cm³/mol. The van der Waals surface area contributed by atoms with Crippen molar-refractivity contribution in [1.29, 1.82) is 0 Å². The molecule has 178 valence electrons. The fraction of sp³-hybridized carbons (Fsp3) is 0.296. The number of nitrogens with zero attached hydrogens (tertiary/aromatic N) is 2. The minimum atomic E-state index is -3.70. The summed E-state index contributed by atoms with van der Waals surface area (Å²) in [7, 11) is -3.70. The molecule has 1 saturated heterocycles. The fourth-order valence-electron chi connectivity index (χ4n) is 4.24. The number of rotatable bonds is 7. The highest BCUT2D eigenvalue weighted by atomic mass is 35.5. The third-order valence-electron chi connectivity index (χ3n) is 6.09. The number of benzene rings is 3. The number of sulfonamides is 1. The van der Waals surface area contributed by atoms with Gasteiger partial charge in [0.05, 0.1) is 15.5 Å². The largest absolute Gasteiger partial charge is 0.330 e. The molecule has 1 amide bonds. The second-order valence-corrected chi connectivity index (χ2v) is 10.9. The number of amides is 1. The SMILES string of the molecule is O=C(c1cc(S(=O)(=O)N2CCCCCC2)ccc1Cl)N(Cc1ccccc1)Cc1ccccc1. The van der Waals surface area contributed by atoms with Crippen molar-refractivity contribution in [3.8, 4) is 0 Å². The molecule has 0 spiro atoms. The van der Waals surface area contributed by atoms with E-state index in [1.807, 2.05) is 60.7 Å². The van der Waals surface area contributed by atoms with Crippen molar-refractivity contribution in [2.45, 2.75) is 43.7 Å². The zero-order valence-corrected chi connectivity index (χ0v) is 20.6. The molecule has 7 heteroatoms. The summed E-state index contributed by atoms with van der Waals surface area (Å²) >= 11 is 6.45. The number of carbonyl (C=O) groups is 1. The van der Waals surface area contributed by atoms with Crippen molar-refractivity contribution in [1.82, 2.24) is 9.21 Å². The summed E-state index contributed by atoms with van der Waals surface area (Å²) < 4.78 is 28.2. The normalized spacial score (nSPS) is 15.0. The Morgan fingerprint density at radius 1 is 0.794 bits per heavy atom. The van der Waals surface area contributed by atoms with Gasteiger partial charge in [-0.2, -0.15) is 4.31 Å². The van der Waals surface area contributed by atoms with Gasteiger partial charge in [-0.3, -0.25) is 4.79 Å². The second kappa shape index (κ2) is 11.2. The lowest BCUT2D eigenvalue weighted by molar-refractivity contribution is 0.0730. The molecule has 1 fully saturated rings. The molecule has 0 aliphatic carbocycles. The lowest BCUT2D eigenvalue weighted by Gasteiger charge is -2.25. The number of halogens is 1. The molecule has 0 saturated carbocycles. The quantitative estimate of drug-likeness (QED) is 0.418. The first-order valence-corrected chi connectivity index (χ1v) is 13.4. The summed E-state index contributed by atoms with van der Waals surface area (Å²) in [6.45, 7) is 1.77. The van der Waals surface area contributed by atoms with E-state index >= 15 is 0 Å². The molecular weight excluding hydrogens is 468 g/mol. The minimum absolute atomic E-state index is 0.113. The van der Waals surface area contributed by atoms with Crippen molar-refractivity contribution in [3.05, 3.63) is 101 Å².